The van der Waals surface area contributed by atoms with Crippen LogP contribution in [-0.2, 0) is 0 Å². The molecule has 0 fully saturated rings. The third-order valence-corrected chi connectivity index (χ3v) is 6.95. The predicted molar refractivity (Wildman–Crippen MR) is 152 cm³/mol. The molecule has 0 spiro atoms. The second-order valence-corrected chi connectivity index (χ2v) is 10.00. The highest BCUT2D eigenvalue weighted by Crippen LogP contribution is 2.31. The molecular formula is C27H26N8O3S. The first kappa shape index (κ1) is 24.8. The van der Waals surface area contributed by atoms with Crippen molar-refractivity contribution in [2.75, 3.05) is 39.7 Å². The van der Waals surface area contributed by atoms with Crippen LogP contribution in [0.3, 0.4) is 0 Å². The highest BCUT2D eigenvalue weighted by Gasteiger charge is 2.19. The molecule has 0 saturated carbocycles. The minimum atomic E-state index is -0.273. The average molecular weight is 543 g/mol. The molecule has 0 saturated heterocycles. The summed E-state index contributed by atoms with van der Waals surface area (Å²) < 4.78 is 14.7. The number of para-hydroxylation sites is 1. The molecule has 11 nitrogen and oxygen atoms in total. The van der Waals surface area contributed by atoms with Gasteiger partial charge in [-0.1, -0.05) is 12.1 Å². The van der Waals surface area contributed by atoms with Crippen molar-refractivity contribution < 1.29 is 9.47 Å². The molecule has 0 amide bonds. The normalized spacial score (nSPS) is 11.6. The zero-order valence-corrected chi connectivity index (χ0v) is 22.5. The first-order valence-corrected chi connectivity index (χ1v) is 13.2. The number of nitrogens with zero attached hydrogens (tertiary/aromatic N) is 7. The lowest BCUT2D eigenvalue weighted by Gasteiger charge is -2.14. The summed E-state index contributed by atoms with van der Waals surface area (Å²) in [6, 6.07) is 13.3. The van der Waals surface area contributed by atoms with Crippen LogP contribution in [0.15, 0.2) is 65.0 Å². The Labute approximate surface area is 227 Å². The van der Waals surface area contributed by atoms with Crippen molar-refractivity contribution in [1.29, 1.82) is 0 Å². The lowest BCUT2D eigenvalue weighted by molar-refractivity contribution is 0.268. The van der Waals surface area contributed by atoms with E-state index in [4.69, 9.17) is 14.5 Å². The van der Waals surface area contributed by atoms with Gasteiger partial charge in [-0.15, -0.1) is 11.3 Å². The number of aromatic nitrogens is 6. The third-order valence-electron chi connectivity index (χ3n) is 6.20. The van der Waals surface area contributed by atoms with E-state index in [2.05, 4.69) is 25.2 Å². The van der Waals surface area contributed by atoms with E-state index < -0.39 is 0 Å². The monoisotopic (exact) mass is 542 g/mol. The molecular weight excluding hydrogens is 516 g/mol. The van der Waals surface area contributed by atoms with Gasteiger partial charge in [0.1, 0.15) is 5.39 Å². The van der Waals surface area contributed by atoms with E-state index in [1.54, 1.807) is 18.0 Å². The van der Waals surface area contributed by atoms with E-state index >= 15 is 0 Å². The van der Waals surface area contributed by atoms with Crippen LogP contribution in [-0.4, -0.2) is 68.4 Å². The first-order chi connectivity index (χ1) is 19.0. The fraction of sp³-hybridized carbons (Fsp3) is 0.222. The molecule has 2 aromatic carbocycles. The molecule has 198 valence electrons. The molecule has 0 aliphatic heterocycles. The Bertz CT molecular complexity index is 1850. The number of methoxy groups -OCH3 is 1. The van der Waals surface area contributed by atoms with Gasteiger partial charge in [0.2, 0.25) is 11.1 Å². The number of anilines is 2. The fourth-order valence-electron chi connectivity index (χ4n) is 4.41. The maximum atomic E-state index is 13.7. The summed E-state index contributed by atoms with van der Waals surface area (Å²) in [5.74, 6) is 1.57. The van der Waals surface area contributed by atoms with Gasteiger partial charge in [-0.3, -0.25) is 4.79 Å². The molecule has 6 rings (SSSR count). The molecule has 6 aromatic rings. The van der Waals surface area contributed by atoms with Crippen LogP contribution in [0.5, 0.6) is 11.5 Å². The number of thiazole rings is 1. The van der Waals surface area contributed by atoms with Crippen LogP contribution in [0.25, 0.3) is 32.7 Å². The first-order valence-electron chi connectivity index (χ1n) is 12.3. The quantitative estimate of drug-likeness (QED) is 0.270. The number of fused-ring (bicyclic) bond motifs is 4. The van der Waals surface area contributed by atoms with Gasteiger partial charge < -0.3 is 19.7 Å². The van der Waals surface area contributed by atoms with Crippen molar-refractivity contribution in [3.05, 3.63) is 70.6 Å². The summed E-state index contributed by atoms with van der Waals surface area (Å²) in [4.78, 5) is 33.9. The van der Waals surface area contributed by atoms with E-state index in [9.17, 15) is 4.79 Å². The summed E-state index contributed by atoms with van der Waals surface area (Å²) in [6.45, 7) is 1.53. The van der Waals surface area contributed by atoms with E-state index in [0.717, 1.165) is 23.9 Å². The Hall–Kier alpha value is -4.55. The summed E-state index contributed by atoms with van der Waals surface area (Å²) in [5, 5.41) is 6.85. The highest BCUT2D eigenvalue weighted by molar-refractivity contribution is 7.12. The predicted octanol–water partition coefficient (Wildman–Crippen LogP) is 4.12. The zero-order valence-electron chi connectivity index (χ0n) is 21.7. The molecule has 4 aromatic heterocycles. The van der Waals surface area contributed by atoms with Crippen molar-refractivity contribution in [2.45, 2.75) is 6.42 Å². The number of hydrogen-bond acceptors (Lipinski definition) is 10. The number of hydrogen-bond donors (Lipinski definition) is 1. The number of ether oxygens (including phenoxy) is 2. The molecule has 12 heteroatoms. The van der Waals surface area contributed by atoms with Crippen LogP contribution in [0.2, 0.25) is 0 Å². The van der Waals surface area contributed by atoms with Gasteiger partial charge in [0.15, 0.2) is 22.8 Å². The summed E-state index contributed by atoms with van der Waals surface area (Å²) in [5.41, 5.74) is 2.07. The lowest BCUT2D eigenvalue weighted by atomic mass is 10.2. The molecule has 0 unspecified atom stereocenters. The van der Waals surface area contributed by atoms with E-state index in [-0.39, 0.29) is 5.56 Å². The zero-order chi connectivity index (χ0) is 26.9. The second kappa shape index (κ2) is 10.3. The van der Waals surface area contributed by atoms with E-state index in [1.165, 1.54) is 22.0 Å². The van der Waals surface area contributed by atoms with Gasteiger partial charge in [-0.25, -0.2) is 19.6 Å². The van der Waals surface area contributed by atoms with Gasteiger partial charge in [0.05, 0.1) is 19.2 Å². The van der Waals surface area contributed by atoms with Crippen molar-refractivity contribution in [2.24, 2.45) is 0 Å². The Morgan fingerprint density at radius 1 is 1.05 bits per heavy atom. The van der Waals surface area contributed by atoms with Gasteiger partial charge >= 0.3 is 0 Å². The molecule has 0 atom stereocenters. The number of nitrogens with one attached hydrogen (secondary N) is 1. The minimum Gasteiger partial charge on any atom is -0.493 e. The Kier molecular flexibility index (Phi) is 6.55. The second-order valence-electron chi connectivity index (χ2n) is 9.12. The van der Waals surface area contributed by atoms with Crippen molar-refractivity contribution in [3.63, 3.8) is 0 Å². The average Bonchev–Trinajstić information content (AvgIpc) is 3.58. The largest absolute Gasteiger partial charge is 0.493 e. The van der Waals surface area contributed by atoms with Crippen molar-refractivity contribution in [1.82, 2.24) is 34.0 Å². The Balaban J connectivity index is 1.35. The summed E-state index contributed by atoms with van der Waals surface area (Å²) in [6.07, 6.45) is 4.11. The van der Waals surface area contributed by atoms with Crippen LogP contribution in [0, 0.1) is 0 Å². The van der Waals surface area contributed by atoms with Crippen LogP contribution in [0.1, 0.15) is 6.42 Å². The molecule has 1 N–H and O–H groups in total. The van der Waals surface area contributed by atoms with E-state index in [1.807, 2.05) is 61.9 Å². The van der Waals surface area contributed by atoms with Crippen molar-refractivity contribution in [3.8, 4) is 16.6 Å². The van der Waals surface area contributed by atoms with Crippen LogP contribution in [0.4, 0.5) is 11.6 Å². The highest BCUT2D eigenvalue weighted by atomic mass is 32.1. The topological polar surface area (TPSA) is 112 Å². The van der Waals surface area contributed by atoms with Gasteiger partial charge in [-0.05, 0) is 44.8 Å². The molecule has 4 heterocycles. The maximum Gasteiger partial charge on any atom is 0.284 e. The van der Waals surface area contributed by atoms with Gasteiger partial charge in [-0.2, -0.15) is 9.50 Å². The third kappa shape index (κ3) is 4.64. The molecule has 0 aliphatic carbocycles. The molecule has 0 aliphatic rings. The SMILES string of the molecule is COc1cc(Nc2ncc3c(=O)n4c(nc3n2)c2ccccc2n4-c2nccs2)ccc1OCCCN(C)C. The summed E-state index contributed by atoms with van der Waals surface area (Å²) >= 11 is 1.44. The fourth-order valence-corrected chi connectivity index (χ4v) is 5.05. The molecule has 39 heavy (non-hydrogen) atoms. The lowest BCUT2D eigenvalue weighted by Crippen LogP contribution is -2.21. The standard InChI is InChI=1S/C27H26N8O3S/c1-33(2)12-6-13-38-21-10-9-17(15-22(21)37-3)30-26-29-16-19-23(32-26)31-24-18-7-4-5-8-20(18)34(35(24)25(19)36)27-28-11-14-39-27/h4-5,7-11,14-16H,6,12-13H2,1-3H3,(H,29,30,32). The Morgan fingerprint density at radius 2 is 1.92 bits per heavy atom. The smallest absolute Gasteiger partial charge is 0.284 e. The van der Waals surface area contributed by atoms with Crippen LogP contribution < -0.4 is 20.3 Å². The molecule has 0 radical (unpaired) electrons. The van der Waals surface area contributed by atoms with E-state index in [0.29, 0.717) is 51.6 Å². The maximum absolute atomic E-state index is 13.7. The van der Waals surface area contributed by atoms with Gasteiger partial charge in [0.25, 0.3) is 5.56 Å². The minimum absolute atomic E-state index is 0.273. The van der Waals surface area contributed by atoms with Crippen molar-refractivity contribution >= 4 is 50.6 Å². The Morgan fingerprint density at radius 3 is 2.72 bits per heavy atom. The van der Waals surface area contributed by atoms with Gasteiger partial charge in [0, 0.05) is 41.5 Å². The number of benzene rings is 2. The summed E-state index contributed by atoms with van der Waals surface area (Å²) in [7, 11) is 5.67. The number of rotatable bonds is 9. The van der Waals surface area contributed by atoms with Crippen LogP contribution >= 0.6 is 11.3 Å². The molecule has 0 bridgehead atoms.